The van der Waals surface area contributed by atoms with Gasteiger partial charge in [-0.25, -0.2) is 0 Å². The fourth-order valence-electron chi connectivity index (χ4n) is 1.68. The zero-order valence-electron chi connectivity index (χ0n) is 10.4. The lowest BCUT2D eigenvalue weighted by Gasteiger charge is -2.15. The summed E-state index contributed by atoms with van der Waals surface area (Å²) in [6, 6.07) is 7.54. The van der Waals surface area contributed by atoms with E-state index in [4.69, 9.17) is 22.1 Å². The fourth-order valence-corrected chi connectivity index (χ4v) is 2.24. The maximum absolute atomic E-state index is 6.04. The van der Waals surface area contributed by atoms with Crippen molar-refractivity contribution in [3.05, 3.63) is 57.3 Å². The van der Waals surface area contributed by atoms with E-state index in [1.165, 1.54) is 0 Å². The van der Waals surface area contributed by atoms with E-state index in [1.807, 2.05) is 31.2 Å². The number of hydrogen-bond acceptors (Lipinski definition) is 3. The van der Waals surface area contributed by atoms with Crippen LogP contribution in [0.5, 0.6) is 5.75 Å². The Morgan fingerprint density at radius 3 is 2.89 bits per heavy atom. The van der Waals surface area contributed by atoms with E-state index in [0.29, 0.717) is 11.6 Å². The number of nitrogens with zero attached hydrogens (tertiary/aromatic N) is 1. The Bertz CT molecular complexity index is 575. The quantitative estimate of drug-likeness (QED) is 0.911. The minimum absolute atomic E-state index is 0.0968. The topological polar surface area (TPSA) is 48.1 Å². The molecule has 19 heavy (non-hydrogen) atoms. The van der Waals surface area contributed by atoms with E-state index in [0.717, 1.165) is 21.3 Å². The molecule has 100 valence electrons. The van der Waals surface area contributed by atoms with Gasteiger partial charge in [0.1, 0.15) is 12.4 Å². The van der Waals surface area contributed by atoms with Gasteiger partial charge in [-0.05, 0) is 31.2 Å². The predicted octanol–water partition coefficient (Wildman–Crippen LogP) is 4.10. The molecule has 1 aromatic carbocycles. The third-order valence-corrected chi connectivity index (χ3v) is 3.54. The van der Waals surface area contributed by atoms with Crippen LogP contribution in [0.3, 0.4) is 0 Å². The average Bonchev–Trinajstić information content (AvgIpc) is 2.38. The molecule has 1 heterocycles. The molecule has 5 heteroatoms. The average molecular weight is 342 g/mol. The van der Waals surface area contributed by atoms with Crippen LogP contribution < -0.4 is 10.5 Å². The Morgan fingerprint density at radius 1 is 1.42 bits per heavy atom. The number of benzene rings is 1. The van der Waals surface area contributed by atoms with Crippen LogP contribution in [-0.4, -0.2) is 4.98 Å². The molecule has 1 aromatic heterocycles. The second-order valence-corrected chi connectivity index (χ2v) is 5.55. The van der Waals surface area contributed by atoms with Crippen molar-refractivity contribution in [1.29, 1.82) is 0 Å². The standard InChI is InChI=1S/C14H14BrClN2O/c1-9(17)12-6-11(15)2-3-14(12)19-8-10-4-5-18-7-13(10)16/h2-7,9H,8,17H2,1H3/t9-/m0/s1. The van der Waals surface area contributed by atoms with Crippen molar-refractivity contribution in [2.24, 2.45) is 5.73 Å². The molecule has 0 spiro atoms. The fraction of sp³-hybridized carbons (Fsp3) is 0.214. The molecule has 0 fully saturated rings. The number of rotatable bonds is 4. The largest absolute Gasteiger partial charge is 0.489 e. The molecule has 2 rings (SSSR count). The van der Waals surface area contributed by atoms with Crippen LogP contribution >= 0.6 is 27.5 Å². The molecular formula is C14H14BrClN2O. The lowest BCUT2D eigenvalue weighted by molar-refractivity contribution is 0.301. The normalized spacial score (nSPS) is 12.2. The van der Waals surface area contributed by atoms with Crippen molar-refractivity contribution in [3.8, 4) is 5.75 Å². The number of ether oxygens (including phenoxy) is 1. The van der Waals surface area contributed by atoms with Gasteiger partial charge in [-0.2, -0.15) is 0 Å². The Labute approximate surface area is 125 Å². The third kappa shape index (κ3) is 3.69. The Kier molecular flexibility index (Phi) is 4.80. The highest BCUT2D eigenvalue weighted by molar-refractivity contribution is 9.10. The first kappa shape index (κ1) is 14.3. The maximum atomic E-state index is 6.04. The van der Waals surface area contributed by atoms with Crippen LogP contribution in [0.25, 0.3) is 0 Å². The van der Waals surface area contributed by atoms with E-state index in [9.17, 15) is 0 Å². The zero-order valence-corrected chi connectivity index (χ0v) is 12.8. The summed E-state index contributed by atoms with van der Waals surface area (Å²) in [7, 11) is 0. The molecule has 0 saturated heterocycles. The van der Waals surface area contributed by atoms with Gasteiger partial charge in [0.15, 0.2) is 0 Å². The number of pyridine rings is 1. The lowest BCUT2D eigenvalue weighted by Crippen LogP contribution is -2.08. The zero-order chi connectivity index (χ0) is 13.8. The number of hydrogen-bond donors (Lipinski definition) is 1. The van der Waals surface area contributed by atoms with Crippen LogP contribution in [0.15, 0.2) is 41.1 Å². The van der Waals surface area contributed by atoms with Crippen molar-refractivity contribution >= 4 is 27.5 Å². The minimum Gasteiger partial charge on any atom is -0.489 e. The van der Waals surface area contributed by atoms with Crippen LogP contribution in [0, 0.1) is 0 Å². The molecule has 1 atom stereocenters. The minimum atomic E-state index is -0.0968. The van der Waals surface area contributed by atoms with Crippen molar-refractivity contribution in [1.82, 2.24) is 4.98 Å². The van der Waals surface area contributed by atoms with Crippen LogP contribution in [-0.2, 0) is 6.61 Å². The van der Waals surface area contributed by atoms with Gasteiger partial charge in [-0.1, -0.05) is 27.5 Å². The van der Waals surface area contributed by atoms with Crippen LogP contribution in [0.4, 0.5) is 0 Å². The molecule has 0 bridgehead atoms. The van der Waals surface area contributed by atoms with Gasteiger partial charge < -0.3 is 10.5 Å². The SMILES string of the molecule is C[C@H](N)c1cc(Br)ccc1OCc1ccncc1Cl. The summed E-state index contributed by atoms with van der Waals surface area (Å²) in [6.45, 7) is 2.32. The Balaban J connectivity index is 2.18. The van der Waals surface area contributed by atoms with E-state index in [1.54, 1.807) is 12.4 Å². The van der Waals surface area contributed by atoms with Gasteiger partial charge in [-0.15, -0.1) is 0 Å². The first-order valence-corrected chi connectivity index (χ1v) is 7.01. The van der Waals surface area contributed by atoms with Gasteiger partial charge in [0.25, 0.3) is 0 Å². The maximum Gasteiger partial charge on any atom is 0.124 e. The van der Waals surface area contributed by atoms with Crippen molar-refractivity contribution in [2.45, 2.75) is 19.6 Å². The smallest absolute Gasteiger partial charge is 0.124 e. The van der Waals surface area contributed by atoms with Gasteiger partial charge in [-0.3, -0.25) is 4.98 Å². The summed E-state index contributed by atoms with van der Waals surface area (Å²) in [6.07, 6.45) is 3.30. The molecule has 0 unspecified atom stereocenters. The summed E-state index contributed by atoms with van der Waals surface area (Å²) < 4.78 is 6.79. The molecular weight excluding hydrogens is 328 g/mol. The van der Waals surface area contributed by atoms with Gasteiger partial charge in [0, 0.05) is 34.0 Å². The van der Waals surface area contributed by atoms with E-state index >= 15 is 0 Å². The molecule has 0 amide bonds. The summed E-state index contributed by atoms with van der Waals surface area (Å²) >= 11 is 9.48. The molecule has 2 N–H and O–H groups in total. The molecule has 0 aliphatic carbocycles. The molecule has 0 aliphatic rings. The Hall–Kier alpha value is -1.10. The first-order valence-electron chi connectivity index (χ1n) is 5.84. The van der Waals surface area contributed by atoms with Gasteiger partial charge in [0.2, 0.25) is 0 Å². The second-order valence-electron chi connectivity index (χ2n) is 4.23. The van der Waals surface area contributed by atoms with E-state index in [-0.39, 0.29) is 6.04 Å². The second kappa shape index (κ2) is 6.37. The summed E-state index contributed by atoms with van der Waals surface area (Å²) in [5, 5.41) is 0.599. The summed E-state index contributed by atoms with van der Waals surface area (Å²) in [5.41, 5.74) is 7.80. The van der Waals surface area contributed by atoms with Crippen molar-refractivity contribution in [3.63, 3.8) is 0 Å². The predicted molar refractivity (Wildman–Crippen MR) is 80.3 cm³/mol. The number of aromatic nitrogens is 1. The summed E-state index contributed by atoms with van der Waals surface area (Å²) in [4.78, 5) is 3.94. The highest BCUT2D eigenvalue weighted by Crippen LogP contribution is 2.28. The van der Waals surface area contributed by atoms with E-state index < -0.39 is 0 Å². The van der Waals surface area contributed by atoms with Crippen LogP contribution in [0.2, 0.25) is 5.02 Å². The highest BCUT2D eigenvalue weighted by Gasteiger charge is 2.10. The molecule has 0 radical (unpaired) electrons. The molecule has 2 aromatic rings. The monoisotopic (exact) mass is 340 g/mol. The molecule has 0 saturated carbocycles. The Morgan fingerprint density at radius 2 is 2.21 bits per heavy atom. The van der Waals surface area contributed by atoms with E-state index in [2.05, 4.69) is 20.9 Å². The molecule has 0 aliphatic heterocycles. The third-order valence-electron chi connectivity index (χ3n) is 2.70. The number of nitrogens with two attached hydrogens (primary N) is 1. The van der Waals surface area contributed by atoms with Crippen molar-refractivity contribution in [2.75, 3.05) is 0 Å². The van der Waals surface area contributed by atoms with Gasteiger partial charge in [0.05, 0.1) is 5.02 Å². The van der Waals surface area contributed by atoms with Crippen molar-refractivity contribution < 1.29 is 4.74 Å². The highest BCUT2D eigenvalue weighted by atomic mass is 79.9. The first-order chi connectivity index (χ1) is 9.08. The van der Waals surface area contributed by atoms with Gasteiger partial charge >= 0.3 is 0 Å². The van der Waals surface area contributed by atoms with Crippen LogP contribution in [0.1, 0.15) is 24.1 Å². The lowest BCUT2D eigenvalue weighted by atomic mass is 10.1. The molecule has 3 nitrogen and oxygen atoms in total. The number of halogens is 2. The summed E-state index contributed by atoms with van der Waals surface area (Å²) in [5.74, 6) is 0.770.